The van der Waals surface area contributed by atoms with E-state index in [1.165, 1.54) is 43.6 Å². The number of benzene rings is 2. The molecule has 1 heterocycles. The maximum Gasteiger partial charge on any atom is 0.119 e. The van der Waals surface area contributed by atoms with Crippen LogP contribution >= 0.6 is 0 Å². The third kappa shape index (κ3) is 4.99. The van der Waals surface area contributed by atoms with Crippen LogP contribution in [0.4, 0.5) is 5.69 Å². The van der Waals surface area contributed by atoms with Gasteiger partial charge in [-0.1, -0.05) is 30.3 Å². The minimum atomic E-state index is 0.527. The molecule has 25 heavy (non-hydrogen) atoms. The quantitative estimate of drug-likeness (QED) is 0.771. The van der Waals surface area contributed by atoms with Crippen LogP contribution in [0.25, 0.3) is 0 Å². The Labute approximate surface area is 152 Å². The molecule has 0 aliphatic carbocycles. The van der Waals surface area contributed by atoms with Crippen molar-refractivity contribution in [3.8, 4) is 5.75 Å². The predicted molar refractivity (Wildman–Crippen MR) is 105 cm³/mol. The molecule has 2 aromatic carbocycles. The fourth-order valence-corrected chi connectivity index (χ4v) is 3.70. The normalized spacial score (nSPS) is 17.2. The summed E-state index contributed by atoms with van der Waals surface area (Å²) in [5.41, 5.74) is 2.61. The summed E-state index contributed by atoms with van der Waals surface area (Å²) >= 11 is 0. The first-order chi connectivity index (χ1) is 12.3. The van der Waals surface area contributed by atoms with Crippen LogP contribution in [0.15, 0.2) is 54.6 Å². The molecule has 1 atom stereocenters. The lowest BCUT2D eigenvalue weighted by Gasteiger charge is -2.36. The van der Waals surface area contributed by atoms with Crippen molar-refractivity contribution in [2.45, 2.75) is 32.2 Å². The molecule has 0 amide bonds. The van der Waals surface area contributed by atoms with Gasteiger partial charge in [-0.2, -0.15) is 0 Å². The lowest BCUT2D eigenvalue weighted by atomic mass is 9.92. The monoisotopic (exact) mass is 338 g/mol. The predicted octanol–water partition coefficient (Wildman–Crippen LogP) is 4.97. The highest BCUT2D eigenvalue weighted by Gasteiger charge is 2.23. The third-order valence-corrected chi connectivity index (χ3v) is 5.45. The highest BCUT2D eigenvalue weighted by Crippen LogP contribution is 2.28. The zero-order valence-electron chi connectivity index (χ0n) is 15.4. The molecule has 1 aliphatic heterocycles. The number of hydrogen-bond donors (Lipinski definition) is 1. The summed E-state index contributed by atoms with van der Waals surface area (Å²) in [6.45, 7) is 5.80. The van der Waals surface area contributed by atoms with E-state index in [9.17, 15) is 0 Å². The van der Waals surface area contributed by atoms with Gasteiger partial charge in [0.25, 0.3) is 0 Å². The summed E-state index contributed by atoms with van der Waals surface area (Å²) in [6, 6.07) is 19.6. The van der Waals surface area contributed by atoms with Crippen molar-refractivity contribution in [3.63, 3.8) is 0 Å². The second-order valence-electron chi connectivity index (χ2n) is 7.01. The molecule has 3 nitrogen and oxygen atoms in total. The molecule has 2 aromatic rings. The van der Waals surface area contributed by atoms with Gasteiger partial charge >= 0.3 is 0 Å². The Kier molecular flexibility index (Phi) is 6.35. The Bertz CT molecular complexity index is 618. The fraction of sp³-hybridized carbons (Fsp3) is 0.455. The maximum absolute atomic E-state index is 5.20. The van der Waals surface area contributed by atoms with E-state index in [2.05, 4.69) is 59.6 Å². The van der Waals surface area contributed by atoms with E-state index >= 15 is 0 Å². The van der Waals surface area contributed by atoms with Gasteiger partial charge in [-0.15, -0.1) is 0 Å². The van der Waals surface area contributed by atoms with Gasteiger partial charge in [0.2, 0.25) is 0 Å². The van der Waals surface area contributed by atoms with Crippen LogP contribution in [-0.4, -0.2) is 31.6 Å². The molecule has 1 fully saturated rings. The molecule has 0 spiro atoms. The molecule has 134 valence electrons. The zero-order chi connectivity index (χ0) is 17.5. The molecular weight excluding hydrogens is 308 g/mol. The van der Waals surface area contributed by atoms with Crippen molar-refractivity contribution in [1.82, 2.24) is 4.90 Å². The Morgan fingerprint density at radius 2 is 1.72 bits per heavy atom. The van der Waals surface area contributed by atoms with Crippen molar-refractivity contribution in [3.05, 3.63) is 60.2 Å². The first kappa shape index (κ1) is 17.8. The van der Waals surface area contributed by atoms with Crippen LogP contribution in [0.2, 0.25) is 0 Å². The lowest BCUT2D eigenvalue weighted by molar-refractivity contribution is 0.139. The molecule has 1 N–H and O–H groups in total. The highest BCUT2D eigenvalue weighted by molar-refractivity contribution is 5.46. The Balaban J connectivity index is 1.39. The number of hydrogen-bond acceptors (Lipinski definition) is 3. The van der Waals surface area contributed by atoms with Gasteiger partial charge in [-0.3, -0.25) is 4.90 Å². The van der Waals surface area contributed by atoms with Crippen LogP contribution in [0.5, 0.6) is 5.75 Å². The van der Waals surface area contributed by atoms with Crippen molar-refractivity contribution in [1.29, 1.82) is 0 Å². The van der Waals surface area contributed by atoms with Crippen molar-refractivity contribution in [2.24, 2.45) is 5.92 Å². The van der Waals surface area contributed by atoms with E-state index in [1.54, 1.807) is 7.11 Å². The number of piperidine rings is 1. The number of methoxy groups -OCH3 is 1. The van der Waals surface area contributed by atoms with E-state index < -0.39 is 0 Å². The molecule has 3 rings (SSSR count). The molecule has 1 aliphatic rings. The number of nitrogens with zero attached hydrogens (tertiary/aromatic N) is 1. The minimum absolute atomic E-state index is 0.527. The summed E-state index contributed by atoms with van der Waals surface area (Å²) in [5.74, 6) is 1.75. The van der Waals surface area contributed by atoms with Gasteiger partial charge in [0.05, 0.1) is 7.11 Å². The van der Waals surface area contributed by atoms with Crippen LogP contribution in [0, 0.1) is 5.92 Å². The van der Waals surface area contributed by atoms with Crippen LogP contribution in [-0.2, 0) is 0 Å². The fourth-order valence-electron chi connectivity index (χ4n) is 3.70. The van der Waals surface area contributed by atoms with Gasteiger partial charge < -0.3 is 10.1 Å². The molecule has 0 radical (unpaired) electrons. The second-order valence-corrected chi connectivity index (χ2v) is 7.01. The van der Waals surface area contributed by atoms with Gasteiger partial charge in [0.15, 0.2) is 0 Å². The Morgan fingerprint density at radius 3 is 2.36 bits per heavy atom. The van der Waals surface area contributed by atoms with Crippen molar-refractivity contribution >= 4 is 5.69 Å². The van der Waals surface area contributed by atoms with Gasteiger partial charge in [-0.25, -0.2) is 0 Å². The molecule has 3 heteroatoms. The first-order valence-electron chi connectivity index (χ1n) is 9.43. The lowest BCUT2D eigenvalue weighted by Crippen LogP contribution is -2.36. The SMILES string of the molecule is COc1ccc(NCCC2CCN(C(C)c3ccccc3)CC2)cc1. The summed E-state index contributed by atoms with van der Waals surface area (Å²) < 4.78 is 5.20. The maximum atomic E-state index is 5.20. The van der Waals surface area contributed by atoms with Gasteiger partial charge in [0.1, 0.15) is 5.75 Å². The van der Waals surface area contributed by atoms with Gasteiger partial charge in [0, 0.05) is 18.3 Å². The number of anilines is 1. The van der Waals surface area contributed by atoms with Crippen LogP contribution in [0.3, 0.4) is 0 Å². The largest absolute Gasteiger partial charge is 0.497 e. The summed E-state index contributed by atoms with van der Waals surface area (Å²) in [6.07, 6.45) is 3.86. The molecule has 1 unspecified atom stereocenters. The third-order valence-electron chi connectivity index (χ3n) is 5.45. The molecule has 0 saturated carbocycles. The Morgan fingerprint density at radius 1 is 1.04 bits per heavy atom. The molecule has 0 aromatic heterocycles. The summed E-state index contributed by atoms with van der Waals surface area (Å²) in [5, 5.41) is 3.53. The summed E-state index contributed by atoms with van der Waals surface area (Å²) in [4.78, 5) is 2.63. The molecule has 1 saturated heterocycles. The zero-order valence-corrected chi connectivity index (χ0v) is 15.4. The summed E-state index contributed by atoms with van der Waals surface area (Å²) in [7, 11) is 1.70. The molecular formula is C22H30N2O. The smallest absolute Gasteiger partial charge is 0.119 e. The van der Waals surface area contributed by atoms with Crippen molar-refractivity contribution in [2.75, 3.05) is 32.1 Å². The van der Waals surface area contributed by atoms with Crippen molar-refractivity contribution < 1.29 is 4.74 Å². The highest BCUT2D eigenvalue weighted by atomic mass is 16.5. The van der Waals surface area contributed by atoms with E-state index in [0.717, 1.165) is 18.2 Å². The van der Waals surface area contributed by atoms with Crippen LogP contribution < -0.4 is 10.1 Å². The van der Waals surface area contributed by atoms with E-state index in [-0.39, 0.29) is 0 Å². The van der Waals surface area contributed by atoms with E-state index in [4.69, 9.17) is 4.74 Å². The standard InChI is InChI=1S/C22H30N2O/c1-18(20-6-4-3-5-7-20)24-16-13-19(14-17-24)12-15-23-21-8-10-22(25-2)11-9-21/h3-11,18-19,23H,12-17H2,1-2H3. The first-order valence-corrected chi connectivity index (χ1v) is 9.43. The van der Waals surface area contributed by atoms with Crippen LogP contribution in [0.1, 0.15) is 37.8 Å². The van der Waals surface area contributed by atoms with E-state index in [1.807, 2.05) is 12.1 Å². The Hall–Kier alpha value is -2.00. The second kappa shape index (κ2) is 8.91. The average molecular weight is 338 g/mol. The number of rotatable bonds is 7. The van der Waals surface area contributed by atoms with Gasteiger partial charge in [-0.05, 0) is 75.0 Å². The number of likely N-dealkylation sites (tertiary alicyclic amines) is 1. The average Bonchev–Trinajstić information content (AvgIpc) is 2.69. The number of ether oxygens (including phenoxy) is 1. The topological polar surface area (TPSA) is 24.5 Å². The minimum Gasteiger partial charge on any atom is -0.497 e. The molecule has 0 bridgehead atoms. The van der Waals surface area contributed by atoms with E-state index in [0.29, 0.717) is 6.04 Å². The number of nitrogens with one attached hydrogen (secondary N) is 1.